The SMILES string of the molecule is Cc1ccc(-n2nc(C)c3sc(N4CCN(C(=O)c5ccc(C)c(F)c5)CC4)nc32)cc1. The Balaban J connectivity index is 1.34. The molecule has 0 atom stereocenters. The topological polar surface area (TPSA) is 54.3 Å². The highest BCUT2D eigenvalue weighted by atomic mass is 32.1. The van der Waals surface area contributed by atoms with Gasteiger partial charge in [-0.25, -0.2) is 9.07 Å². The summed E-state index contributed by atoms with van der Waals surface area (Å²) < 4.78 is 16.9. The molecule has 1 aliphatic heterocycles. The molecule has 32 heavy (non-hydrogen) atoms. The molecule has 1 fully saturated rings. The Kier molecular flexibility index (Phi) is 5.17. The number of rotatable bonds is 3. The standard InChI is InChI=1S/C24H24FN5OS/c1-15-4-8-19(9-5-15)30-22-21(17(3)27-30)32-24(26-22)29-12-10-28(11-13-29)23(31)18-7-6-16(2)20(25)14-18/h4-9,14H,10-13H2,1-3H3. The summed E-state index contributed by atoms with van der Waals surface area (Å²) in [6.45, 7) is 8.29. The highest BCUT2D eigenvalue weighted by molar-refractivity contribution is 7.22. The molecule has 6 nitrogen and oxygen atoms in total. The lowest BCUT2D eigenvalue weighted by atomic mass is 10.1. The number of amides is 1. The van der Waals surface area contributed by atoms with Crippen molar-refractivity contribution in [3.8, 4) is 5.69 Å². The first-order chi connectivity index (χ1) is 15.4. The van der Waals surface area contributed by atoms with Crippen molar-refractivity contribution in [2.75, 3.05) is 31.1 Å². The molecule has 164 valence electrons. The van der Waals surface area contributed by atoms with E-state index in [0.717, 1.165) is 26.9 Å². The third-order valence-electron chi connectivity index (χ3n) is 5.91. The van der Waals surface area contributed by atoms with Crippen LogP contribution in [0, 0.1) is 26.6 Å². The highest BCUT2D eigenvalue weighted by Gasteiger charge is 2.25. The largest absolute Gasteiger partial charge is 0.344 e. The van der Waals surface area contributed by atoms with E-state index in [1.165, 1.54) is 11.6 Å². The molecule has 2 aromatic carbocycles. The van der Waals surface area contributed by atoms with Crippen molar-refractivity contribution in [3.05, 3.63) is 70.7 Å². The van der Waals surface area contributed by atoms with Crippen molar-refractivity contribution in [3.63, 3.8) is 0 Å². The molecule has 0 radical (unpaired) electrons. The molecule has 0 unspecified atom stereocenters. The molecule has 0 spiro atoms. The van der Waals surface area contributed by atoms with Gasteiger partial charge in [-0.3, -0.25) is 4.79 Å². The monoisotopic (exact) mass is 449 g/mol. The molecule has 0 aliphatic carbocycles. The minimum atomic E-state index is -0.345. The molecule has 8 heteroatoms. The van der Waals surface area contributed by atoms with Gasteiger partial charge in [0.15, 0.2) is 10.8 Å². The van der Waals surface area contributed by atoms with Gasteiger partial charge in [0.1, 0.15) is 5.82 Å². The van der Waals surface area contributed by atoms with Crippen LogP contribution in [0.5, 0.6) is 0 Å². The number of aryl methyl sites for hydroxylation is 3. The highest BCUT2D eigenvalue weighted by Crippen LogP contribution is 2.33. The van der Waals surface area contributed by atoms with Crippen molar-refractivity contribution in [2.24, 2.45) is 0 Å². The summed E-state index contributed by atoms with van der Waals surface area (Å²) >= 11 is 1.64. The fourth-order valence-electron chi connectivity index (χ4n) is 3.93. The molecule has 1 amide bonds. The lowest BCUT2D eigenvalue weighted by molar-refractivity contribution is 0.0746. The number of nitrogens with zero attached hydrogens (tertiary/aromatic N) is 5. The van der Waals surface area contributed by atoms with E-state index in [9.17, 15) is 9.18 Å². The first-order valence-corrected chi connectivity index (χ1v) is 11.5. The maximum absolute atomic E-state index is 13.9. The number of carbonyl (C=O) groups excluding carboxylic acids is 1. The third-order valence-corrected chi connectivity index (χ3v) is 7.13. The third kappa shape index (κ3) is 3.64. The van der Waals surface area contributed by atoms with Gasteiger partial charge in [0.2, 0.25) is 0 Å². The van der Waals surface area contributed by atoms with Crippen LogP contribution < -0.4 is 4.90 Å². The number of hydrogen-bond acceptors (Lipinski definition) is 5. The molecule has 0 N–H and O–H groups in total. The van der Waals surface area contributed by atoms with Gasteiger partial charge in [0.05, 0.1) is 16.1 Å². The number of anilines is 1. The summed E-state index contributed by atoms with van der Waals surface area (Å²) in [6.07, 6.45) is 0. The van der Waals surface area contributed by atoms with Crippen LogP contribution in [0.1, 0.15) is 27.2 Å². The Morgan fingerprint density at radius 2 is 1.72 bits per heavy atom. The first kappa shape index (κ1) is 20.6. The summed E-state index contributed by atoms with van der Waals surface area (Å²) in [5.74, 6) is -0.472. The summed E-state index contributed by atoms with van der Waals surface area (Å²) in [6, 6.07) is 12.9. The summed E-state index contributed by atoms with van der Waals surface area (Å²) in [4.78, 5) is 21.7. The average Bonchev–Trinajstić information content (AvgIpc) is 3.36. The number of carbonyl (C=O) groups is 1. The maximum Gasteiger partial charge on any atom is 0.254 e. The van der Waals surface area contributed by atoms with Gasteiger partial charge in [-0.2, -0.15) is 10.1 Å². The maximum atomic E-state index is 13.9. The number of hydrogen-bond donors (Lipinski definition) is 0. The molecule has 0 saturated carbocycles. The van der Waals surface area contributed by atoms with Crippen LogP contribution >= 0.6 is 11.3 Å². The number of piperazine rings is 1. The Labute approximate surface area is 189 Å². The summed E-state index contributed by atoms with van der Waals surface area (Å²) in [5.41, 5.74) is 4.96. The normalized spacial score (nSPS) is 14.4. The van der Waals surface area contributed by atoms with Crippen LogP contribution in [0.25, 0.3) is 16.0 Å². The van der Waals surface area contributed by atoms with E-state index >= 15 is 0 Å². The lowest BCUT2D eigenvalue weighted by Gasteiger charge is -2.34. The van der Waals surface area contributed by atoms with Gasteiger partial charge < -0.3 is 9.80 Å². The number of thiazole rings is 1. The molecule has 3 heterocycles. The second kappa shape index (κ2) is 8.02. The van der Waals surface area contributed by atoms with E-state index in [-0.39, 0.29) is 11.7 Å². The van der Waals surface area contributed by atoms with Crippen LogP contribution in [0.4, 0.5) is 9.52 Å². The molecule has 1 saturated heterocycles. The molecule has 1 aliphatic rings. The molecule has 2 aromatic heterocycles. The predicted octanol–water partition coefficient (Wildman–Crippen LogP) is 4.51. The zero-order chi connectivity index (χ0) is 22.4. The second-order valence-corrected chi connectivity index (χ2v) is 9.20. The smallest absolute Gasteiger partial charge is 0.254 e. The van der Waals surface area contributed by atoms with Gasteiger partial charge in [-0.05, 0) is 50.6 Å². The van der Waals surface area contributed by atoms with Gasteiger partial charge in [-0.1, -0.05) is 35.1 Å². The van der Waals surface area contributed by atoms with Crippen LogP contribution in [0.15, 0.2) is 42.5 Å². The lowest BCUT2D eigenvalue weighted by Crippen LogP contribution is -2.48. The Hall–Kier alpha value is -3.26. The van der Waals surface area contributed by atoms with Crippen molar-refractivity contribution in [2.45, 2.75) is 20.8 Å². The minimum Gasteiger partial charge on any atom is -0.344 e. The van der Waals surface area contributed by atoms with E-state index in [0.29, 0.717) is 37.3 Å². The first-order valence-electron chi connectivity index (χ1n) is 10.6. The number of fused-ring (bicyclic) bond motifs is 1. The predicted molar refractivity (Wildman–Crippen MR) is 125 cm³/mol. The zero-order valence-electron chi connectivity index (χ0n) is 18.3. The number of benzene rings is 2. The van der Waals surface area contributed by atoms with E-state index < -0.39 is 0 Å². The summed E-state index contributed by atoms with van der Waals surface area (Å²) in [5, 5.41) is 5.62. The van der Waals surface area contributed by atoms with Gasteiger partial charge in [0, 0.05) is 31.7 Å². The quantitative estimate of drug-likeness (QED) is 0.462. The Morgan fingerprint density at radius 3 is 2.41 bits per heavy atom. The zero-order valence-corrected chi connectivity index (χ0v) is 19.1. The molecular formula is C24H24FN5OS. The van der Waals surface area contributed by atoms with E-state index in [1.807, 2.05) is 11.6 Å². The Morgan fingerprint density at radius 1 is 1.00 bits per heavy atom. The number of halogens is 1. The molecule has 5 rings (SSSR count). The van der Waals surface area contributed by atoms with Crippen LogP contribution in [0.3, 0.4) is 0 Å². The average molecular weight is 450 g/mol. The van der Waals surface area contributed by atoms with Gasteiger partial charge in [-0.15, -0.1) is 0 Å². The molecular weight excluding hydrogens is 425 g/mol. The van der Waals surface area contributed by atoms with Gasteiger partial charge >= 0.3 is 0 Å². The van der Waals surface area contributed by atoms with E-state index in [2.05, 4.69) is 41.2 Å². The van der Waals surface area contributed by atoms with Gasteiger partial charge in [0.25, 0.3) is 5.91 Å². The fraction of sp³-hybridized carbons (Fsp3) is 0.292. The van der Waals surface area contributed by atoms with Crippen molar-refractivity contribution < 1.29 is 9.18 Å². The van der Waals surface area contributed by atoms with E-state index in [1.54, 1.807) is 35.3 Å². The van der Waals surface area contributed by atoms with Crippen molar-refractivity contribution in [1.29, 1.82) is 0 Å². The van der Waals surface area contributed by atoms with Crippen LogP contribution in [-0.2, 0) is 0 Å². The molecule has 4 aromatic rings. The minimum absolute atomic E-state index is 0.126. The van der Waals surface area contributed by atoms with E-state index in [4.69, 9.17) is 4.98 Å². The van der Waals surface area contributed by atoms with Crippen molar-refractivity contribution in [1.82, 2.24) is 19.7 Å². The molecule has 0 bridgehead atoms. The van der Waals surface area contributed by atoms with Crippen molar-refractivity contribution >= 4 is 32.7 Å². The Bertz CT molecular complexity index is 1300. The fourth-order valence-corrected chi connectivity index (χ4v) is 4.97. The number of aromatic nitrogens is 3. The second-order valence-electron chi connectivity index (χ2n) is 8.23. The summed E-state index contributed by atoms with van der Waals surface area (Å²) in [7, 11) is 0. The van der Waals surface area contributed by atoms with Crippen LogP contribution in [-0.4, -0.2) is 51.8 Å². The van der Waals surface area contributed by atoms with Crippen LogP contribution in [0.2, 0.25) is 0 Å².